The highest BCUT2D eigenvalue weighted by molar-refractivity contribution is 5.83. The van der Waals surface area contributed by atoms with E-state index in [4.69, 9.17) is 0 Å². The summed E-state index contributed by atoms with van der Waals surface area (Å²) < 4.78 is 0. The number of aryl methyl sites for hydroxylation is 1. The first-order valence-electron chi connectivity index (χ1n) is 8.30. The van der Waals surface area contributed by atoms with Gasteiger partial charge in [0.05, 0.1) is 0 Å². The van der Waals surface area contributed by atoms with Gasteiger partial charge in [-0.1, -0.05) is 70.1 Å². The van der Waals surface area contributed by atoms with Crippen LogP contribution in [0, 0.1) is 0 Å². The Morgan fingerprint density at radius 3 is 2.24 bits per heavy atom. The second-order valence-corrected chi connectivity index (χ2v) is 5.77. The Morgan fingerprint density at radius 2 is 1.48 bits per heavy atom. The SMILES string of the molecule is CCCCCCCCCCc1[nH+]ccc2ccccc12.[Cl-]. The summed E-state index contributed by atoms with van der Waals surface area (Å²) in [5.74, 6) is 0. The van der Waals surface area contributed by atoms with Crippen molar-refractivity contribution < 1.29 is 17.4 Å². The molecule has 0 bridgehead atoms. The van der Waals surface area contributed by atoms with Crippen LogP contribution in [-0.2, 0) is 6.42 Å². The lowest BCUT2D eigenvalue weighted by molar-refractivity contribution is -0.388. The standard InChI is InChI=1S/C19H27N.ClH/c1-2-3-4-5-6-7-8-9-14-19-18-13-11-10-12-17(18)15-16-20-19;/h10-13,15-16H,2-9,14H2,1H3;1H. The first kappa shape index (κ1) is 18.0. The van der Waals surface area contributed by atoms with Gasteiger partial charge in [0, 0.05) is 17.9 Å². The second kappa shape index (κ2) is 10.6. The van der Waals surface area contributed by atoms with E-state index in [9.17, 15) is 0 Å². The first-order valence-corrected chi connectivity index (χ1v) is 8.30. The number of benzene rings is 1. The highest BCUT2D eigenvalue weighted by Crippen LogP contribution is 2.17. The molecule has 0 aliphatic rings. The fourth-order valence-electron chi connectivity index (χ4n) is 2.87. The molecule has 2 rings (SSSR count). The van der Waals surface area contributed by atoms with Crippen molar-refractivity contribution in [2.24, 2.45) is 0 Å². The minimum atomic E-state index is 0. The van der Waals surface area contributed by atoms with E-state index < -0.39 is 0 Å². The molecule has 0 aliphatic carbocycles. The number of aromatic nitrogens is 1. The second-order valence-electron chi connectivity index (χ2n) is 5.77. The van der Waals surface area contributed by atoms with Crippen molar-refractivity contribution in [3.63, 3.8) is 0 Å². The van der Waals surface area contributed by atoms with Crippen molar-refractivity contribution in [3.8, 4) is 0 Å². The van der Waals surface area contributed by atoms with Crippen LogP contribution >= 0.6 is 0 Å². The van der Waals surface area contributed by atoms with Crippen molar-refractivity contribution in [2.75, 3.05) is 0 Å². The summed E-state index contributed by atoms with van der Waals surface area (Å²) in [4.78, 5) is 3.43. The van der Waals surface area contributed by atoms with E-state index in [1.54, 1.807) is 0 Å². The van der Waals surface area contributed by atoms with Gasteiger partial charge in [0.15, 0.2) is 11.9 Å². The molecular weight excluding hydrogens is 278 g/mol. The molecule has 0 saturated carbocycles. The van der Waals surface area contributed by atoms with Crippen LogP contribution in [0.2, 0.25) is 0 Å². The zero-order valence-corrected chi connectivity index (χ0v) is 14.0. The number of rotatable bonds is 9. The molecule has 1 nitrogen and oxygen atoms in total. The van der Waals surface area contributed by atoms with Crippen molar-refractivity contribution in [2.45, 2.75) is 64.7 Å². The number of hydrogen-bond acceptors (Lipinski definition) is 0. The van der Waals surface area contributed by atoms with Gasteiger partial charge in [-0.15, -0.1) is 0 Å². The molecule has 116 valence electrons. The van der Waals surface area contributed by atoms with Crippen LogP contribution in [0.5, 0.6) is 0 Å². The Bertz CT molecular complexity index is 504. The number of unbranched alkanes of at least 4 members (excludes halogenated alkanes) is 7. The van der Waals surface area contributed by atoms with Gasteiger partial charge in [0.25, 0.3) is 0 Å². The van der Waals surface area contributed by atoms with Crippen LogP contribution in [-0.4, -0.2) is 0 Å². The van der Waals surface area contributed by atoms with E-state index in [0.717, 1.165) is 0 Å². The Kier molecular flexibility index (Phi) is 9.09. The molecule has 0 saturated heterocycles. The van der Waals surface area contributed by atoms with E-state index >= 15 is 0 Å². The molecule has 1 aromatic heterocycles. The van der Waals surface area contributed by atoms with Crippen molar-refractivity contribution in [3.05, 3.63) is 42.2 Å². The molecule has 0 unspecified atom stereocenters. The molecule has 0 atom stereocenters. The number of pyridine rings is 1. The van der Waals surface area contributed by atoms with Gasteiger partial charge in [-0.3, -0.25) is 0 Å². The third-order valence-electron chi connectivity index (χ3n) is 4.09. The fraction of sp³-hybridized carbons (Fsp3) is 0.526. The first-order chi connectivity index (χ1) is 9.92. The quantitative estimate of drug-likeness (QED) is 0.632. The highest BCUT2D eigenvalue weighted by Gasteiger charge is 2.06. The predicted molar refractivity (Wildman–Crippen MR) is 86.8 cm³/mol. The number of aromatic amines is 1. The van der Waals surface area contributed by atoms with Gasteiger partial charge < -0.3 is 12.4 Å². The van der Waals surface area contributed by atoms with Gasteiger partial charge in [-0.05, 0) is 17.9 Å². The molecule has 0 amide bonds. The summed E-state index contributed by atoms with van der Waals surface area (Å²) in [5.41, 5.74) is 1.40. The van der Waals surface area contributed by atoms with E-state index in [0.29, 0.717) is 0 Å². The van der Waals surface area contributed by atoms with E-state index in [1.807, 2.05) is 0 Å². The number of hydrogen-bond donors (Lipinski definition) is 0. The number of halogens is 1. The molecule has 2 aromatic rings. The van der Waals surface area contributed by atoms with E-state index in [2.05, 4.69) is 48.4 Å². The van der Waals surface area contributed by atoms with Crippen LogP contribution < -0.4 is 17.4 Å². The molecule has 0 aliphatic heterocycles. The minimum Gasteiger partial charge on any atom is -1.00 e. The van der Waals surface area contributed by atoms with Crippen molar-refractivity contribution >= 4 is 10.8 Å². The number of fused-ring (bicyclic) bond motifs is 1. The van der Waals surface area contributed by atoms with Gasteiger partial charge in [-0.2, -0.15) is 0 Å². The average Bonchev–Trinajstić information content (AvgIpc) is 2.50. The third kappa shape index (κ3) is 6.05. The van der Waals surface area contributed by atoms with Gasteiger partial charge >= 0.3 is 0 Å². The topological polar surface area (TPSA) is 14.1 Å². The average molecular weight is 306 g/mol. The smallest absolute Gasteiger partial charge is 0.187 e. The zero-order chi connectivity index (χ0) is 14.0. The van der Waals surface area contributed by atoms with Crippen LogP contribution in [0.3, 0.4) is 0 Å². The Hall–Kier alpha value is -1.08. The maximum atomic E-state index is 3.43. The van der Waals surface area contributed by atoms with Crippen LogP contribution in [0.15, 0.2) is 36.5 Å². The largest absolute Gasteiger partial charge is 1.00 e. The molecule has 0 radical (unpaired) electrons. The molecule has 0 fully saturated rings. The monoisotopic (exact) mass is 305 g/mol. The van der Waals surface area contributed by atoms with Gasteiger partial charge in [0.2, 0.25) is 0 Å². The van der Waals surface area contributed by atoms with E-state index in [1.165, 1.54) is 74.3 Å². The summed E-state index contributed by atoms with van der Waals surface area (Å²) in [5, 5.41) is 2.73. The Labute approximate surface area is 135 Å². The summed E-state index contributed by atoms with van der Waals surface area (Å²) in [6.07, 6.45) is 14.3. The maximum Gasteiger partial charge on any atom is 0.187 e. The van der Waals surface area contributed by atoms with Crippen LogP contribution in [0.25, 0.3) is 10.8 Å². The minimum absolute atomic E-state index is 0. The lowest BCUT2D eigenvalue weighted by Crippen LogP contribution is -3.00. The number of H-pyrrole nitrogens is 1. The fourth-order valence-corrected chi connectivity index (χ4v) is 2.87. The summed E-state index contributed by atoms with van der Waals surface area (Å²) >= 11 is 0. The molecule has 1 aromatic carbocycles. The normalized spacial score (nSPS) is 10.5. The van der Waals surface area contributed by atoms with Crippen LogP contribution in [0.4, 0.5) is 0 Å². The molecular formula is C19H28ClN. The Morgan fingerprint density at radius 1 is 0.810 bits per heavy atom. The van der Waals surface area contributed by atoms with Crippen LogP contribution in [0.1, 0.15) is 64.0 Å². The van der Waals surface area contributed by atoms with E-state index in [-0.39, 0.29) is 12.4 Å². The molecule has 2 heteroatoms. The lowest BCUT2D eigenvalue weighted by atomic mass is 10.0. The maximum absolute atomic E-state index is 3.43. The number of nitrogens with one attached hydrogen (secondary N) is 1. The molecule has 1 N–H and O–H groups in total. The summed E-state index contributed by atoms with van der Waals surface area (Å²) in [6.45, 7) is 2.28. The summed E-state index contributed by atoms with van der Waals surface area (Å²) in [6, 6.07) is 10.8. The molecule has 0 spiro atoms. The zero-order valence-electron chi connectivity index (χ0n) is 13.2. The van der Waals surface area contributed by atoms with Gasteiger partial charge in [-0.25, -0.2) is 4.98 Å². The lowest BCUT2D eigenvalue weighted by Gasteiger charge is -2.02. The summed E-state index contributed by atoms with van der Waals surface area (Å²) in [7, 11) is 0. The van der Waals surface area contributed by atoms with Crippen molar-refractivity contribution in [1.29, 1.82) is 0 Å². The molecule has 1 heterocycles. The predicted octanol–water partition coefficient (Wildman–Crippen LogP) is 2.34. The van der Waals surface area contributed by atoms with Gasteiger partial charge in [0.1, 0.15) is 0 Å². The molecule has 21 heavy (non-hydrogen) atoms. The Balaban J connectivity index is 0.00000220. The highest BCUT2D eigenvalue weighted by atomic mass is 35.5. The third-order valence-corrected chi connectivity index (χ3v) is 4.09. The van der Waals surface area contributed by atoms with Crippen molar-refractivity contribution in [1.82, 2.24) is 0 Å².